The Morgan fingerprint density at radius 3 is 2.36 bits per heavy atom. The van der Waals surface area contributed by atoms with E-state index in [4.69, 9.17) is 23.2 Å². The van der Waals surface area contributed by atoms with Gasteiger partial charge in [0.25, 0.3) is 0 Å². The van der Waals surface area contributed by atoms with E-state index < -0.39 is 10.0 Å². The Balaban J connectivity index is 0. The molecule has 0 aliphatic heterocycles. The number of hydrogen-bond donors (Lipinski definition) is 1. The fourth-order valence-electron chi connectivity index (χ4n) is 0.772. The Morgan fingerprint density at radius 1 is 1.36 bits per heavy atom. The minimum atomic E-state index is -3.29. The number of nitrogens with one attached hydrogen (secondary N) is 1. The maximum Gasteiger partial charge on any atom is 1.00 e. The average molecular weight is 264 g/mol. The van der Waals surface area contributed by atoms with Crippen molar-refractivity contribution in [3.05, 3.63) is 28.2 Å². The molecule has 0 amide bonds. The number of sulfonamides is 1. The van der Waals surface area contributed by atoms with Gasteiger partial charge < -0.3 is 1.43 Å². The van der Waals surface area contributed by atoms with Crippen molar-refractivity contribution in [3.8, 4) is 0 Å². The molecule has 0 heterocycles. The molecule has 0 saturated carbocycles. The van der Waals surface area contributed by atoms with Gasteiger partial charge in [0, 0.05) is 5.02 Å². The van der Waals surface area contributed by atoms with Crippen LogP contribution >= 0.6 is 23.2 Å². The average Bonchev–Trinajstić information content (AvgIpc) is 1.93. The van der Waals surface area contributed by atoms with Gasteiger partial charge >= 0.3 is 29.6 Å². The molecule has 3 nitrogen and oxygen atoms in total. The molecule has 74 valence electrons. The van der Waals surface area contributed by atoms with Crippen LogP contribution < -0.4 is 34.3 Å². The summed E-state index contributed by atoms with van der Waals surface area (Å²) in [6, 6.07) is 4.53. The number of anilines is 1. The minimum absolute atomic E-state index is 0. The molecule has 0 fully saturated rings. The third-order valence-electron chi connectivity index (χ3n) is 1.23. The van der Waals surface area contributed by atoms with Crippen LogP contribution in [-0.4, -0.2) is 14.7 Å². The monoisotopic (exact) mass is 263 g/mol. The maximum atomic E-state index is 10.8. The SMILES string of the molecule is CS(=O)(=O)Nc1ccc(Cl)cc1Cl.[H-].[Na+]. The van der Waals surface area contributed by atoms with Crippen LogP contribution in [0.2, 0.25) is 10.0 Å². The molecule has 0 unspecified atom stereocenters. The number of benzene rings is 1. The van der Waals surface area contributed by atoms with Crippen molar-refractivity contribution in [3.63, 3.8) is 0 Å². The summed E-state index contributed by atoms with van der Waals surface area (Å²) in [4.78, 5) is 0. The van der Waals surface area contributed by atoms with Crippen molar-refractivity contribution in [2.45, 2.75) is 0 Å². The van der Waals surface area contributed by atoms with Crippen LogP contribution in [0.4, 0.5) is 5.69 Å². The van der Waals surface area contributed by atoms with Crippen LogP contribution in [-0.2, 0) is 10.0 Å². The van der Waals surface area contributed by atoms with E-state index in [0.29, 0.717) is 10.7 Å². The largest absolute Gasteiger partial charge is 1.00 e. The fourth-order valence-corrected chi connectivity index (χ4v) is 1.86. The van der Waals surface area contributed by atoms with Gasteiger partial charge in [0.1, 0.15) is 0 Å². The molecule has 7 heteroatoms. The Morgan fingerprint density at radius 2 is 1.93 bits per heavy atom. The standard InChI is InChI=1S/C7H7Cl2NO2S.Na.H/c1-13(11,12)10-7-3-2-5(8)4-6(7)9;;/h2-4,10H,1H3;;/q;+1;-1. The Hall–Kier alpha value is 0.550. The second-order valence-electron chi connectivity index (χ2n) is 2.50. The van der Waals surface area contributed by atoms with E-state index in [1.807, 2.05) is 0 Å². The summed E-state index contributed by atoms with van der Waals surface area (Å²) in [5, 5.41) is 0.738. The first-order valence-corrected chi connectivity index (χ1v) is 5.96. The molecule has 0 atom stereocenters. The van der Waals surface area contributed by atoms with Gasteiger partial charge in [0.15, 0.2) is 0 Å². The molecule has 1 N–H and O–H groups in total. The van der Waals surface area contributed by atoms with Crippen molar-refractivity contribution in [2.75, 3.05) is 11.0 Å². The molecular weight excluding hydrogens is 256 g/mol. The minimum Gasteiger partial charge on any atom is -1.00 e. The van der Waals surface area contributed by atoms with Gasteiger partial charge in [-0.25, -0.2) is 8.42 Å². The van der Waals surface area contributed by atoms with E-state index in [-0.39, 0.29) is 36.0 Å². The van der Waals surface area contributed by atoms with Gasteiger partial charge in [-0.3, -0.25) is 4.72 Å². The second-order valence-corrected chi connectivity index (χ2v) is 5.09. The Kier molecular flexibility index (Phi) is 5.80. The summed E-state index contributed by atoms with van der Waals surface area (Å²) in [5.41, 5.74) is 0.327. The second kappa shape index (κ2) is 5.58. The first-order valence-electron chi connectivity index (χ1n) is 3.31. The summed E-state index contributed by atoms with van der Waals surface area (Å²) in [7, 11) is -3.29. The molecule has 1 rings (SSSR count). The molecule has 0 aliphatic rings. The molecule has 0 bridgehead atoms. The van der Waals surface area contributed by atoms with Crippen LogP contribution in [0.1, 0.15) is 1.43 Å². The number of rotatable bonds is 2. The van der Waals surface area contributed by atoms with Crippen LogP contribution in [0.5, 0.6) is 0 Å². The molecule has 14 heavy (non-hydrogen) atoms. The number of halogens is 2. The van der Waals surface area contributed by atoms with E-state index in [1.54, 1.807) is 6.07 Å². The van der Waals surface area contributed by atoms with E-state index >= 15 is 0 Å². The van der Waals surface area contributed by atoms with Gasteiger partial charge in [-0.05, 0) is 18.2 Å². The Labute approximate surface area is 117 Å². The van der Waals surface area contributed by atoms with E-state index in [2.05, 4.69) is 4.72 Å². The predicted molar refractivity (Wildman–Crippen MR) is 56.0 cm³/mol. The summed E-state index contributed by atoms with van der Waals surface area (Å²) < 4.78 is 23.9. The fraction of sp³-hybridized carbons (Fsp3) is 0.143. The van der Waals surface area contributed by atoms with E-state index in [9.17, 15) is 8.42 Å². The molecule has 0 aliphatic carbocycles. The van der Waals surface area contributed by atoms with Crippen LogP contribution in [0.25, 0.3) is 0 Å². The summed E-state index contributed by atoms with van der Waals surface area (Å²) in [5.74, 6) is 0. The summed E-state index contributed by atoms with van der Waals surface area (Å²) in [6.45, 7) is 0. The van der Waals surface area contributed by atoms with Crippen LogP contribution in [0.3, 0.4) is 0 Å². The summed E-state index contributed by atoms with van der Waals surface area (Å²) in [6.07, 6.45) is 1.05. The van der Waals surface area contributed by atoms with Gasteiger partial charge in [-0.2, -0.15) is 0 Å². The van der Waals surface area contributed by atoms with Crippen molar-refractivity contribution in [2.24, 2.45) is 0 Å². The topological polar surface area (TPSA) is 46.2 Å². The predicted octanol–water partition coefficient (Wildman–Crippen LogP) is -0.519. The molecule has 0 saturated heterocycles. The summed E-state index contributed by atoms with van der Waals surface area (Å²) >= 11 is 11.4. The van der Waals surface area contributed by atoms with E-state index in [0.717, 1.165) is 6.26 Å². The quantitative estimate of drug-likeness (QED) is 0.731. The van der Waals surface area contributed by atoms with Gasteiger partial charge in [0.05, 0.1) is 17.0 Å². The number of hydrogen-bond acceptors (Lipinski definition) is 2. The molecule has 1 aromatic rings. The van der Waals surface area contributed by atoms with Gasteiger partial charge in [-0.1, -0.05) is 23.2 Å². The van der Waals surface area contributed by atoms with Gasteiger partial charge in [0.2, 0.25) is 10.0 Å². The van der Waals surface area contributed by atoms with Crippen LogP contribution in [0.15, 0.2) is 18.2 Å². The smallest absolute Gasteiger partial charge is 1.00 e. The Bertz CT molecular complexity index is 427. The molecule has 1 aromatic carbocycles. The molecule has 0 spiro atoms. The first-order chi connectivity index (χ1) is 5.88. The normalized spacial score (nSPS) is 10.5. The van der Waals surface area contributed by atoms with Crippen molar-refractivity contribution >= 4 is 38.9 Å². The van der Waals surface area contributed by atoms with Gasteiger partial charge in [-0.15, -0.1) is 0 Å². The third-order valence-corrected chi connectivity index (χ3v) is 2.36. The maximum absolute atomic E-state index is 10.8. The third kappa shape index (κ3) is 4.87. The van der Waals surface area contributed by atoms with Crippen molar-refractivity contribution in [1.82, 2.24) is 0 Å². The molecule has 0 radical (unpaired) electrons. The first kappa shape index (κ1) is 14.6. The molecular formula is C7H8Cl2NNaO2S. The molecule has 0 aromatic heterocycles. The van der Waals surface area contributed by atoms with Crippen molar-refractivity contribution < 1.29 is 39.4 Å². The van der Waals surface area contributed by atoms with Crippen LogP contribution in [0, 0.1) is 0 Å². The van der Waals surface area contributed by atoms with E-state index in [1.165, 1.54) is 12.1 Å². The zero-order valence-corrected chi connectivity index (χ0v) is 12.0. The van der Waals surface area contributed by atoms with Crippen molar-refractivity contribution in [1.29, 1.82) is 0 Å². The zero-order valence-electron chi connectivity index (χ0n) is 8.71. The zero-order chi connectivity index (χ0) is 10.1.